The lowest BCUT2D eigenvalue weighted by atomic mass is 9.79. The van der Waals surface area contributed by atoms with Crippen molar-refractivity contribution in [2.45, 2.75) is 30.9 Å². The summed E-state index contributed by atoms with van der Waals surface area (Å²) in [7, 11) is 0. The number of ether oxygens (including phenoxy) is 2. The average molecular weight is 709 g/mol. The second-order valence-electron chi connectivity index (χ2n) is 12.9. The molecule has 0 fully saturated rings. The van der Waals surface area contributed by atoms with Gasteiger partial charge < -0.3 is 25.6 Å². The number of aryl methyl sites for hydroxylation is 1. The molecule has 1 aliphatic carbocycles. The lowest BCUT2D eigenvalue weighted by molar-refractivity contribution is -0.156. The molecule has 1 unspecified atom stereocenters. The van der Waals surface area contributed by atoms with Gasteiger partial charge in [-0.1, -0.05) is 145 Å². The van der Waals surface area contributed by atoms with Crippen LogP contribution in [0.2, 0.25) is 5.02 Å². The zero-order chi connectivity index (χ0) is 36.2. The molecule has 0 bridgehead atoms. The molecule has 4 N–H and O–H groups in total. The Balaban J connectivity index is 1.24. The van der Waals surface area contributed by atoms with Gasteiger partial charge in [-0.25, -0.2) is 9.59 Å². The van der Waals surface area contributed by atoms with Crippen molar-refractivity contribution in [1.82, 2.24) is 5.32 Å². The summed E-state index contributed by atoms with van der Waals surface area (Å²) in [5.41, 5.74) is 12.5. The van der Waals surface area contributed by atoms with E-state index in [1.54, 1.807) is 18.2 Å². The predicted molar refractivity (Wildman–Crippen MR) is 203 cm³/mol. The standard InChI is InChI=1S/C44H37ClN2O5/c1-28-19-22-31(23-20-28)44(30-11-3-2-4-12-30,37-17-9-10-18-38(37)45)52-42(49)40(26-29-21-24-41(48)39(46)25-29)47-43(50)51-27-36-34-15-7-5-13-32(34)33-14-6-8-16-35(33)36/h2-25,36,40,48H,26-27,46H2,1H3,(H,47,50)/t40-,44?/m0/s1. The first-order valence-corrected chi connectivity index (χ1v) is 17.4. The van der Waals surface area contributed by atoms with Crippen LogP contribution in [0.15, 0.2) is 146 Å². The van der Waals surface area contributed by atoms with Crippen molar-refractivity contribution in [3.63, 3.8) is 0 Å². The molecule has 1 amide bonds. The lowest BCUT2D eigenvalue weighted by Crippen LogP contribution is -2.47. The molecule has 2 atom stereocenters. The number of fused-ring (bicyclic) bond motifs is 3. The summed E-state index contributed by atoms with van der Waals surface area (Å²) >= 11 is 6.91. The molecule has 6 aromatic carbocycles. The van der Waals surface area contributed by atoms with E-state index in [-0.39, 0.29) is 30.4 Å². The number of anilines is 1. The Morgan fingerprint density at radius 3 is 2.04 bits per heavy atom. The molecule has 0 aromatic heterocycles. The monoisotopic (exact) mass is 708 g/mol. The van der Waals surface area contributed by atoms with Gasteiger partial charge in [0, 0.05) is 34.1 Å². The van der Waals surface area contributed by atoms with Gasteiger partial charge in [-0.2, -0.15) is 0 Å². The number of nitrogens with two attached hydrogens (primary N) is 1. The highest BCUT2D eigenvalue weighted by Gasteiger charge is 2.44. The van der Waals surface area contributed by atoms with E-state index in [1.807, 2.05) is 116 Å². The molecule has 0 heterocycles. The van der Waals surface area contributed by atoms with Crippen LogP contribution in [0.1, 0.15) is 44.9 Å². The summed E-state index contributed by atoms with van der Waals surface area (Å²) in [6, 6.07) is 43.9. The molecular weight excluding hydrogens is 672 g/mol. The van der Waals surface area contributed by atoms with Crippen LogP contribution in [-0.4, -0.2) is 29.8 Å². The molecule has 7 rings (SSSR count). The van der Waals surface area contributed by atoms with Gasteiger partial charge in [0.25, 0.3) is 0 Å². The maximum atomic E-state index is 14.7. The smallest absolute Gasteiger partial charge is 0.407 e. The van der Waals surface area contributed by atoms with Crippen molar-refractivity contribution in [3.05, 3.63) is 190 Å². The van der Waals surface area contributed by atoms with E-state index in [4.69, 9.17) is 26.8 Å². The van der Waals surface area contributed by atoms with Crippen LogP contribution in [0.4, 0.5) is 10.5 Å². The summed E-state index contributed by atoms with van der Waals surface area (Å²) in [5.74, 6) is -0.994. The van der Waals surface area contributed by atoms with E-state index in [0.717, 1.165) is 27.8 Å². The van der Waals surface area contributed by atoms with Gasteiger partial charge in [0.2, 0.25) is 0 Å². The SMILES string of the molecule is Cc1ccc(C(OC(=O)[C@H](Cc2ccc(O)c(N)c2)NC(=O)OCC2c3ccccc3-c3ccccc32)(c2ccccc2)c2ccccc2Cl)cc1. The summed E-state index contributed by atoms with van der Waals surface area (Å²) in [6.45, 7) is 2.04. The van der Waals surface area contributed by atoms with Crippen LogP contribution >= 0.6 is 11.6 Å². The molecule has 1 aliphatic rings. The minimum atomic E-state index is -1.50. The van der Waals surface area contributed by atoms with E-state index in [9.17, 15) is 14.7 Å². The molecule has 0 radical (unpaired) electrons. The largest absolute Gasteiger partial charge is 0.506 e. The topological polar surface area (TPSA) is 111 Å². The lowest BCUT2D eigenvalue weighted by Gasteiger charge is -2.37. The number of benzene rings is 6. The van der Waals surface area contributed by atoms with Gasteiger partial charge in [0.15, 0.2) is 5.60 Å². The number of alkyl carbamates (subject to hydrolysis) is 1. The number of amides is 1. The molecule has 52 heavy (non-hydrogen) atoms. The number of phenols is 1. The molecule has 0 saturated carbocycles. The van der Waals surface area contributed by atoms with Crippen LogP contribution in [-0.2, 0) is 26.3 Å². The van der Waals surface area contributed by atoms with Crippen molar-refractivity contribution >= 4 is 29.4 Å². The Morgan fingerprint density at radius 1 is 0.788 bits per heavy atom. The van der Waals surface area contributed by atoms with E-state index < -0.39 is 23.7 Å². The Morgan fingerprint density at radius 2 is 1.38 bits per heavy atom. The molecule has 8 heteroatoms. The third-order valence-electron chi connectivity index (χ3n) is 9.60. The van der Waals surface area contributed by atoms with Gasteiger partial charge in [-0.05, 0) is 52.9 Å². The Bertz CT molecular complexity index is 2200. The molecule has 0 aliphatic heterocycles. The first kappa shape index (κ1) is 34.4. The van der Waals surface area contributed by atoms with Crippen LogP contribution in [0.5, 0.6) is 5.75 Å². The normalized spacial score (nSPS) is 13.7. The number of hydrogen-bond donors (Lipinski definition) is 3. The zero-order valence-corrected chi connectivity index (χ0v) is 29.2. The Labute approximate surface area is 307 Å². The van der Waals surface area contributed by atoms with Crippen molar-refractivity contribution in [2.75, 3.05) is 12.3 Å². The number of esters is 1. The highest BCUT2D eigenvalue weighted by molar-refractivity contribution is 6.31. The quantitative estimate of drug-likeness (QED) is 0.0567. The fraction of sp³-hybridized carbons (Fsp3) is 0.136. The van der Waals surface area contributed by atoms with Gasteiger partial charge in [0.1, 0.15) is 18.4 Å². The maximum Gasteiger partial charge on any atom is 0.407 e. The summed E-state index contributed by atoms with van der Waals surface area (Å²) in [4.78, 5) is 28.4. The fourth-order valence-corrected chi connectivity index (χ4v) is 7.29. The molecular formula is C44H37ClN2O5. The van der Waals surface area contributed by atoms with Crippen molar-refractivity contribution in [2.24, 2.45) is 0 Å². The fourth-order valence-electron chi connectivity index (χ4n) is 7.02. The van der Waals surface area contributed by atoms with Crippen LogP contribution in [0.25, 0.3) is 11.1 Å². The molecule has 7 nitrogen and oxygen atoms in total. The Kier molecular flexibility index (Phi) is 9.70. The van der Waals surface area contributed by atoms with Crippen molar-refractivity contribution in [1.29, 1.82) is 0 Å². The number of rotatable bonds is 10. The third kappa shape index (κ3) is 6.71. The van der Waals surface area contributed by atoms with Gasteiger partial charge in [-0.3, -0.25) is 0 Å². The first-order valence-electron chi connectivity index (χ1n) is 17.0. The summed E-state index contributed by atoms with van der Waals surface area (Å²) < 4.78 is 12.6. The number of aromatic hydroxyl groups is 1. The van der Waals surface area contributed by atoms with Crippen molar-refractivity contribution in [3.8, 4) is 16.9 Å². The Hall–Kier alpha value is -6.05. The second kappa shape index (κ2) is 14.7. The molecule has 0 spiro atoms. The number of carbonyl (C=O) groups is 2. The summed E-state index contributed by atoms with van der Waals surface area (Å²) in [6.07, 6.45) is -0.789. The molecule has 0 saturated heterocycles. The highest BCUT2D eigenvalue weighted by atomic mass is 35.5. The van der Waals surface area contributed by atoms with Gasteiger partial charge in [-0.15, -0.1) is 0 Å². The van der Waals surface area contributed by atoms with E-state index in [0.29, 0.717) is 27.3 Å². The number of carbonyl (C=O) groups excluding carboxylic acids is 2. The highest BCUT2D eigenvalue weighted by Crippen LogP contribution is 2.45. The van der Waals surface area contributed by atoms with E-state index in [1.165, 1.54) is 6.07 Å². The second-order valence-corrected chi connectivity index (χ2v) is 13.3. The van der Waals surface area contributed by atoms with Crippen molar-refractivity contribution < 1.29 is 24.2 Å². The number of hydrogen-bond acceptors (Lipinski definition) is 6. The number of halogens is 1. The van der Waals surface area contributed by atoms with Crippen LogP contribution in [0.3, 0.4) is 0 Å². The van der Waals surface area contributed by atoms with Gasteiger partial charge >= 0.3 is 12.1 Å². The zero-order valence-electron chi connectivity index (χ0n) is 28.5. The number of nitrogens with one attached hydrogen (secondary N) is 1. The number of phenolic OH excluding ortho intramolecular Hbond substituents is 1. The van der Waals surface area contributed by atoms with Crippen LogP contribution in [0, 0.1) is 6.92 Å². The van der Waals surface area contributed by atoms with Gasteiger partial charge in [0.05, 0.1) is 5.69 Å². The van der Waals surface area contributed by atoms with E-state index >= 15 is 0 Å². The third-order valence-corrected chi connectivity index (χ3v) is 9.93. The summed E-state index contributed by atoms with van der Waals surface area (Å²) in [5, 5.41) is 13.3. The first-order chi connectivity index (χ1) is 25.2. The molecule has 6 aromatic rings. The van der Waals surface area contributed by atoms with Crippen LogP contribution < -0.4 is 11.1 Å². The maximum absolute atomic E-state index is 14.7. The minimum Gasteiger partial charge on any atom is -0.506 e. The average Bonchev–Trinajstić information content (AvgIpc) is 3.48. The molecule has 260 valence electrons. The van der Waals surface area contributed by atoms with E-state index in [2.05, 4.69) is 17.4 Å². The minimum absolute atomic E-state index is 0.00516. The predicted octanol–water partition coefficient (Wildman–Crippen LogP) is 8.92. The number of nitrogen functional groups attached to an aromatic ring is 1.